The Morgan fingerprint density at radius 1 is 1.32 bits per heavy atom. The first-order valence-corrected chi connectivity index (χ1v) is 9.28. The van der Waals surface area contributed by atoms with Crippen molar-refractivity contribution >= 4 is 22.5 Å². The Labute approximate surface area is 137 Å². The first kappa shape index (κ1) is 17.1. The SMILES string of the molecule is CCCCCCC(C)NC(=O)N1CCN(c2nccs2)CC1. The summed E-state index contributed by atoms with van der Waals surface area (Å²) in [7, 11) is 0. The van der Waals surface area contributed by atoms with E-state index in [-0.39, 0.29) is 12.1 Å². The summed E-state index contributed by atoms with van der Waals surface area (Å²) >= 11 is 1.66. The van der Waals surface area contributed by atoms with Gasteiger partial charge in [0.2, 0.25) is 0 Å². The van der Waals surface area contributed by atoms with Gasteiger partial charge in [-0.05, 0) is 13.3 Å². The third-order valence-corrected chi connectivity index (χ3v) is 4.95. The van der Waals surface area contributed by atoms with E-state index >= 15 is 0 Å². The zero-order chi connectivity index (χ0) is 15.8. The number of thiazole rings is 1. The van der Waals surface area contributed by atoms with Gasteiger partial charge in [-0.1, -0.05) is 32.6 Å². The third-order valence-electron chi connectivity index (χ3n) is 4.12. The fourth-order valence-corrected chi connectivity index (χ4v) is 3.42. The van der Waals surface area contributed by atoms with Gasteiger partial charge in [-0.15, -0.1) is 11.3 Å². The van der Waals surface area contributed by atoms with Crippen LogP contribution in [0.2, 0.25) is 0 Å². The minimum absolute atomic E-state index is 0.0850. The van der Waals surface area contributed by atoms with Crippen LogP contribution < -0.4 is 10.2 Å². The standard InChI is InChI=1S/C16H28N4OS/c1-3-4-5-6-7-14(2)18-15(21)19-9-11-20(12-10-19)16-17-8-13-22-16/h8,13-14H,3-7,9-12H2,1-2H3,(H,18,21). The van der Waals surface area contributed by atoms with Crippen LogP contribution in [0.5, 0.6) is 0 Å². The molecule has 1 saturated heterocycles. The van der Waals surface area contributed by atoms with Gasteiger partial charge < -0.3 is 15.1 Å². The number of piperazine rings is 1. The lowest BCUT2D eigenvalue weighted by Crippen LogP contribution is -2.53. The van der Waals surface area contributed by atoms with Crippen LogP contribution in [0.15, 0.2) is 11.6 Å². The van der Waals surface area contributed by atoms with Crippen LogP contribution in [-0.2, 0) is 0 Å². The minimum atomic E-state index is 0.0850. The summed E-state index contributed by atoms with van der Waals surface area (Å²) in [5.41, 5.74) is 0. The Balaban J connectivity index is 1.66. The molecule has 5 nitrogen and oxygen atoms in total. The highest BCUT2D eigenvalue weighted by molar-refractivity contribution is 7.13. The van der Waals surface area contributed by atoms with Crippen molar-refractivity contribution in [1.29, 1.82) is 0 Å². The van der Waals surface area contributed by atoms with Crippen molar-refractivity contribution in [3.05, 3.63) is 11.6 Å². The molecule has 1 fully saturated rings. The Kier molecular flexibility index (Phi) is 6.96. The average molecular weight is 324 g/mol. The molecule has 1 N–H and O–H groups in total. The van der Waals surface area contributed by atoms with Gasteiger partial charge in [0.1, 0.15) is 0 Å². The molecule has 1 aliphatic rings. The van der Waals surface area contributed by atoms with E-state index in [1.807, 2.05) is 16.5 Å². The second kappa shape index (κ2) is 8.98. The number of nitrogens with zero attached hydrogens (tertiary/aromatic N) is 3. The average Bonchev–Trinajstić information content (AvgIpc) is 3.06. The van der Waals surface area contributed by atoms with E-state index in [1.54, 1.807) is 11.3 Å². The van der Waals surface area contributed by atoms with Gasteiger partial charge in [0.15, 0.2) is 5.13 Å². The second-order valence-corrected chi connectivity index (χ2v) is 6.86. The molecule has 0 radical (unpaired) electrons. The molecular formula is C16H28N4OS. The lowest BCUT2D eigenvalue weighted by atomic mass is 10.1. The van der Waals surface area contributed by atoms with Gasteiger partial charge in [0, 0.05) is 43.8 Å². The van der Waals surface area contributed by atoms with Gasteiger partial charge in [-0.3, -0.25) is 0 Å². The summed E-state index contributed by atoms with van der Waals surface area (Å²) in [6, 6.07) is 0.350. The predicted octanol–water partition coefficient (Wildman–Crippen LogP) is 3.33. The zero-order valence-corrected chi connectivity index (χ0v) is 14.6. The van der Waals surface area contributed by atoms with E-state index in [1.165, 1.54) is 25.7 Å². The zero-order valence-electron chi connectivity index (χ0n) is 13.8. The molecule has 2 amide bonds. The molecule has 1 atom stereocenters. The maximum atomic E-state index is 12.3. The highest BCUT2D eigenvalue weighted by atomic mass is 32.1. The van der Waals surface area contributed by atoms with Crippen LogP contribution in [0.3, 0.4) is 0 Å². The third kappa shape index (κ3) is 5.16. The van der Waals surface area contributed by atoms with Gasteiger partial charge in [0.05, 0.1) is 0 Å². The number of amides is 2. The maximum Gasteiger partial charge on any atom is 0.317 e. The van der Waals surface area contributed by atoms with Crippen LogP contribution in [0.1, 0.15) is 46.0 Å². The van der Waals surface area contributed by atoms with E-state index in [2.05, 4.69) is 29.0 Å². The van der Waals surface area contributed by atoms with Gasteiger partial charge in [0.25, 0.3) is 0 Å². The summed E-state index contributed by atoms with van der Waals surface area (Å²) in [4.78, 5) is 20.8. The smallest absolute Gasteiger partial charge is 0.317 e. The summed E-state index contributed by atoms with van der Waals surface area (Å²) in [5.74, 6) is 0. The van der Waals surface area contributed by atoms with Crippen molar-refractivity contribution in [2.45, 2.75) is 52.0 Å². The Hall–Kier alpha value is -1.30. The summed E-state index contributed by atoms with van der Waals surface area (Å²) in [6.07, 6.45) is 7.92. The van der Waals surface area contributed by atoms with Crippen molar-refractivity contribution in [1.82, 2.24) is 15.2 Å². The van der Waals surface area contributed by atoms with Gasteiger partial charge in [-0.25, -0.2) is 9.78 Å². The molecule has 2 rings (SSSR count). The molecule has 6 heteroatoms. The number of unbranched alkanes of at least 4 members (excludes halogenated alkanes) is 3. The summed E-state index contributed by atoms with van der Waals surface area (Å²) in [5, 5.41) is 6.19. The van der Waals surface area contributed by atoms with Crippen molar-refractivity contribution in [2.24, 2.45) is 0 Å². The fraction of sp³-hybridized carbons (Fsp3) is 0.750. The molecule has 1 aromatic heterocycles. The predicted molar refractivity (Wildman–Crippen MR) is 92.7 cm³/mol. The Morgan fingerprint density at radius 2 is 2.09 bits per heavy atom. The molecule has 1 aromatic rings. The highest BCUT2D eigenvalue weighted by Crippen LogP contribution is 2.18. The number of hydrogen-bond acceptors (Lipinski definition) is 4. The molecule has 22 heavy (non-hydrogen) atoms. The van der Waals surface area contributed by atoms with E-state index in [0.717, 1.165) is 37.7 Å². The molecule has 0 saturated carbocycles. The summed E-state index contributed by atoms with van der Waals surface area (Å²) in [6.45, 7) is 7.60. The molecule has 0 spiro atoms. The molecule has 0 aliphatic carbocycles. The number of carbonyl (C=O) groups excluding carboxylic acids is 1. The first-order chi connectivity index (χ1) is 10.7. The van der Waals surface area contributed by atoms with E-state index in [4.69, 9.17) is 0 Å². The normalized spacial score (nSPS) is 16.6. The van der Waals surface area contributed by atoms with Gasteiger partial charge in [-0.2, -0.15) is 0 Å². The molecule has 124 valence electrons. The number of urea groups is 1. The van der Waals surface area contributed by atoms with Crippen LogP contribution in [-0.4, -0.2) is 48.1 Å². The second-order valence-electron chi connectivity index (χ2n) is 5.99. The number of rotatable bonds is 7. The first-order valence-electron chi connectivity index (χ1n) is 8.40. The number of anilines is 1. The van der Waals surface area contributed by atoms with Crippen LogP contribution >= 0.6 is 11.3 Å². The molecule has 2 heterocycles. The molecule has 0 aromatic carbocycles. The van der Waals surface area contributed by atoms with Crippen molar-refractivity contribution in [3.8, 4) is 0 Å². The Morgan fingerprint density at radius 3 is 2.73 bits per heavy atom. The van der Waals surface area contributed by atoms with E-state index in [9.17, 15) is 4.79 Å². The van der Waals surface area contributed by atoms with Crippen molar-refractivity contribution in [3.63, 3.8) is 0 Å². The fourth-order valence-electron chi connectivity index (χ4n) is 2.72. The van der Waals surface area contributed by atoms with Gasteiger partial charge >= 0.3 is 6.03 Å². The van der Waals surface area contributed by atoms with Crippen molar-refractivity contribution in [2.75, 3.05) is 31.1 Å². The number of nitrogens with one attached hydrogen (secondary N) is 1. The van der Waals surface area contributed by atoms with Crippen LogP contribution in [0, 0.1) is 0 Å². The molecule has 1 aliphatic heterocycles. The molecule has 0 bridgehead atoms. The number of aromatic nitrogens is 1. The lowest BCUT2D eigenvalue weighted by Gasteiger charge is -2.35. The summed E-state index contributed by atoms with van der Waals surface area (Å²) < 4.78 is 0. The minimum Gasteiger partial charge on any atom is -0.345 e. The van der Waals surface area contributed by atoms with E-state index < -0.39 is 0 Å². The lowest BCUT2D eigenvalue weighted by molar-refractivity contribution is 0.190. The Bertz CT molecular complexity index is 429. The number of carbonyl (C=O) groups is 1. The topological polar surface area (TPSA) is 48.5 Å². The quantitative estimate of drug-likeness (QED) is 0.783. The molecular weight excluding hydrogens is 296 g/mol. The van der Waals surface area contributed by atoms with Crippen molar-refractivity contribution < 1.29 is 4.79 Å². The number of hydrogen-bond donors (Lipinski definition) is 1. The highest BCUT2D eigenvalue weighted by Gasteiger charge is 2.22. The van der Waals surface area contributed by atoms with E-state index in [0.29, 0.717) is 0 Å². The maximum absolute atomic E-state index is 12.3. The van der Waals surface area contributed by atoms with Crippen LogP contribution in [0.4, 0.5) is 9.93 Å². The largest absolute Gasteiger partial charge is 0.345 e. The monoisotopic (exact) mass is 324 g/mol. The van der Waals surface area contributed by atoms with Crippen LogP contribution in [0.25, 0.3) is 0 Å². The molecule has 1 unspecified atom stereocenters.